The van der Waals surface area contributed by atoms with Crippen molar-refractivity contribution in [2.75, 3.05) is 18.0 Å². The SMILES string of the molecule is O=C(O)c1cc(F)c(N2CCCC2)c(F)c1F. The van der Waals surface area contributed by atoms with E-state index in [4.69, 9.17) is 5.11 Å². The van der Waals surface area contributed by atoms with E-state index in [-0.39, 0.29) is 0 Å². The highest BCUT2D eigenvalue weighted by Crippen LogP contribution is 2.30. The number of hydrogen-bond acceptors (Lipinski definition) is 2. The Kier molecular flexibility index (Phi) is 2.95. The van der Waals surface area contributed by atoms with Crippen LogP contribution in [-0.2, 0) is 0 Å². The third-order valence-corrected chi connectivity index (χ3v) is 2.79. The summed E-state index contributed by atoms with van der Waals surface area (Å²) >= 11 is 0. The summed E-state index contributed by atoms with van der Waals surface area (Å²) in [5.41, 5.74) is -1.45. The summed E-state index contributed by atoms with van der Waals surface area (Å²) in [6, 6.07) is 0.522. The predicted octanol–water partition coefficient (Wildman–Crippen LogP) is 2.40. The molecule has 0 unspecified atom stereocenters. The molecular formula is C11H10F3NO2. The Labute approximate surface area is 95.5 Å². The molecule has 0 aromatic heterocycles. The van der Waals surface area contributed by atoms with E-state index in [1.807, 2.05) is 0 Å². The van der Waals surface area contributed by atoms with Crippen molar-refractivity contribution in [2.24, 2.45) is 0 Å². The van der Waals surface area contributed by atoms with Gasteiger partial charge >= 0.3 is 5.97 Å². The van der Waals surface area contributed by atoms with Gasteiger partial charge in [0.2, 0.25) is 0 Å². The van der Waals surface area contributed by atoms with Crippen molar-refractivity contribution in [3.8, 4) is 0 Å². The molecule has 3 nitrogen and oxygen atoms in total. The molecule has 6 heteroatoms. The number of anilines is 1. The summed E-state index contributed by atoms with van der Waals surface area (Å²) in [7, 11) is 0. The standard InChI is InChI=1S/C11H10F3NO2/c12-7-5-6(11(16)17)8(13)9(14)10(7)15-3-1-2-4-15/h5H,1-4H2,(H,16,17). The highest BCUT2D eigenvalue weighted by molar-refractivity contribution is 5.88. The highest BCUT2D eigenvalue weighted by Gasteiger charge is 2.27. The maximum atomic E-state index is 13.6. The van der Waals surface area contributed by atoms with Crippen molar-refractivity contribution in [2.45, 2.75) is 12.8 Å². The summed E-state index contributed by atoms with van der Waals surface area (Å²) in [6.07, 6.45) is 1.56. The van der Waals surface area contributed by atoms with Crippen LogP contribution in [0.5, 0.6) is 0 Å². The maximum Gasteiger partial charge on any atom is 0.338 e. The first-order valence-electron chi connectivity index (χ1n) is 5.18. The van der Waals surface area contributed by atoms with Crippen molar-refractivity contribution >= 4 is 11.7 Å². The van der Waals surface area contributed by atoms with Gasteiger partial charge in [0.1, 0.15) is 11.3 Å². The van der Waals surface area contributed by atoms with E-state index in [0.29, 0.717) is 19.2 Å². The Bertz CT molecular complexity index is 470. The molecule has 1 N–H and O–H groups in total. The van der Waals surface area contributed by atoms with Gasteiger partial charge in [-0.05, 0) is 18.9 Å². The fourth-order valence-corrected chi connectivity index (χ4v) is 1.97. The molecule has 0 atom stereocenters. The minimum Gasteiger partial charge on any atom is -0.478 e. The molecule has 1 aromatic carbocycles. The molecule has 1 fully saturated rings. The topological polar surface area (TPSA) is 40.5 Å². The number of carboxylic acids is 1. The summed E-state index contributed by atoms with van der Waals surface area (Å²) in [5.74, 6) is -5.67. The molecule has 0 spiro atoms. The first kappa shape index (κ1) is 11.8. The highest BCUT2D eigenvalue weighted by atomic mass is 19.2. The van der Waals surface area contributed by atoms with E-state index >= 15 is 0 Å². The van der Waals surface area contributed by atoms with Crippen molar-refractivity contribution < 1.29 is 23.1 Å². The molecule has 0 radical (unpaired) electrons. The predicted molar refractivity (Wildman–Crippen MR) is 54.7 cm³/mol. The van der Waals surface area contributed by atoms with E-state index in [0.717, 1.165) is 12.8 Å². The van der Waals surface area contributed by atoms with E-state index in [1.54, 1.807) is 0 Å². The summed E-state index contributed by atoms with van der Waals surface area (Å²) < 4.78 is 40.6. The molecule has 1 aliphatic heterocycles. The lowest BCUT2D eigenvalue weighted by atomic mass is 10.1. The third-order valence-electron chi connectivity index (χ3n) is 2.79. The Morgan fingerprint density at radius 3 is 2.29 bits per heavy atom. The van der Waals surface area contributed by atoms with Crippen LogP contribution < -0.4 is 4.90 Å². The van der Waals surface area contributed by atoms with Crippen molar-refractivity contribution in [1.29, 1.82) is 0 Å². The fourth-order valence-electron chi connectivity index (χ4n) is 1.97. The van der Waals surface area contributed by atoms with Crippen LogP contribution in [0.3, 0.4) is 0 Å². The quantitative estimate of drug-likeness (QED) is 0.813. The van der Waals surface area contributed by atoms with Gasteiger partial charge in [-0.15, -0.1) is 0 Å². The minimum absolute atomic E-state index is 0.444. The normalized spacial score (nSPS) is 15.4. The van der Waals surface area contributed by atoms with Crippen LogP contribution in [0.1, 0.15) is 23.2 Å². The lowest BCUT2D eigenvalue weighted by molar-refractivity contribution is 0.0690. The summed E-state index contributed by atoms with van der Waals surface area (Å²) in [5, 5.41) is 8.58. The van der Waals surface area contributed by atoms with Gasteiger partial charge in [0, 0.05) is 13.1 Å². The zero-order chi connectivity index (χ0) is 12.6. The van der Waals surface area contributed by atoms with E-state index in [9.17, 15) is 18.0 Å². The van der Waals surface area contributed by atoms with Crippen LogP contribution >= 0.6 is 0 Å². The second-order valence-electron chi connectivity index (χ2n) is 3.88. The van der Waals surface area contributed by atoms with Crippen LogP contribution in [0.25, 0.3) is 0 Å². The number of carbonyl (C=O) groups is 1. The first-order valence-corrected chi connectivity index (χ1v) is 5.18. The van der Waals surface area contributed by atoms with Gasteiger partial charge in [0.25, 0.3) is 0 Å². The average Bonchev–Trinajstić information content (AvgIpc) is 2.76. The molecule has 1 aromatic rings. The number of aromatic carboxylic acids is 1. The zero-order valence-corrected chi connectivity index (χ0v) is 8.84. The molecule has 92 valence electrons. The van der Waals surface area contributed by atoms with Crippen LogP contribution in [0.4, 0.5) is 18.9 Å². The first-order chi connectivity index (χ1) is 8.02. The number of halogens is 3. The number of benzene rings is 1. The van der Waals surface area contributed by atoms with Crippen molar-refractivity contribution in [3.63, 3.8) is 0 Å². The average molecular weight is 245 g/mol. The Hall–Kier alpha value is -1.72. The van der Waals surface area contributed by atoms with Gasteiger partial charge in [0.05, 0.1) is 0 Å². The van der Waals surface area contributed by atoms with Crippen molar-refractivity contribution in [3.05, 3.63) is 29.1 Å². The monoisotopic (exact) mass is 245 g/mol. The Morgan fingerprint density at radius 1 is 1.18 bits per heavy atom. The zero-order valence-electron chi connectivity index (χ0n) is 8.84. The van der Waals surface area contributed by atoms with E-state index < -0.39 is 34.7 Å². The van der Waals surface area contributed by atoms with Gasteiger partial charge in [0.15, 0.2) is 17.5 Å². The molecule has 2 rings (SSSR count). The minimum atomic E-state index is -1.69. The smallest absolute Gasteiger partial charge is 0.338 e. The lowest BCUT2D eigenvalue weighted by Gasteiger charge is -2.19. The van der Waals surface area contributed by atoms with Crippen LogP contribution in [0.2, 0.25) is 0 Å². The number of nitrogens with zero attached hydrogens (tertiary/aromatic N) is 1. The third kappa shape index (κ3) is 1.94. The number of rotatable bonds is 2. The lowest BCUT2D eigenvalue weighted by Crippen LogP contribution is -2.22. The van der Waals surface area contributed by atoms with E-state index in [1.165, 1.54) is 4.90 Å². The molecule has 0 bridgehead atoms. The molecule has 17 heavy (non-hydrogen) atoms. The van der Waals surface area contributed by atoms with Gasteiger partial charge in [-0.3, -0.25) is 0 Å². The molecule has 1 aliphatic rings. The molecule has 0 aliphatic carbocycles. The van der Waals surface area contributed by atoms with Gasteiger partial charge in [-0.2, -0.15) is 0 Å². The van der Waals surface area contributed by atoms with Crippen LogP contribution in [0, 0.1) is 17.5 Å². The molecule has 0 amide bonds. The summed E-state index contributed by atoms with van der Waals surface area (Å²) in [6.45, 7) is 0.888. The molecular weight excluding hydrogens is 235 g/mol. The molecule has 1 saturated heterocycles. The Morgan fingerprint density at radius 2 is 1.76 bits per heavy atom. The van der Waals surface area contributed by atoms with E-state index in [2.05, 4.69) is 0 Å². The second-order valence-corrected chi connectivity index (χ2v) is 3.88. The molecule has 0 saturated carbocycles. The Balaban J connectivity index is 2.54. The fraction of sp³-hybridized carbons (Fsp3) is 0.364. The molecule has 1 heterocycles. The second kappa shape index (κ2) is 4.27. The van der Waals surface area contributed by atoms with Crippen LogP contribution in [0.15, 0.2) is 6.07 Å². The largest absolute Gasteiger partial charge is 0.478 e. The van der Waals surface area contributed by atoms with Gasteiger partial charge < -0.3 is 10.0 Å². The maximum absolute atomic E-state index is 13.6. The van der Waals surface area contributed by atoms with Crippen molar-refractivity contribution in [1.82, 2.24) is 0 Å². The van der Waals surface area contributed by atoms with Crippen LogP contribution in [-0.4, -0.2) is 24.2 Å². The van der Waals surface area contributed by atoms with Gasteiger partial charge in [-0.1, -0.05) is 0 Å². The summed E-state index contributed by atoms with van der Waals surface area (Å²) in [4.78, 5) is 12.0. The van der Waals surface area contributed by atoms with Gasteiger partial charge in [-0.25, -0.2) is 18.0 Å². The number of carboxylic acid groups (broad SMARTS) is 1. The number of hydrogen-bond donors (Lipinski definition) is 1.